The van der Waals surface area contributed by atoms with Crippen LogP contribution in [0.3, 0.4) is 0 Å². The maximum absolute atomic E-state index is 13.9. The molecule has 1 amide bonds. The van der Waals surface area contributed by atoms with E-state index in [0.29, 0.717) is 18.2 Å². The van der Waals surface area contributed by atoms with Crippen LogP contribution in [0.4, 0.5) is 4.39 Å². The lowest BCUT2D eigenvalue weighted by molar-refractivity contribution is -0.146. The van der Waals surface area contributed by atoms with Gasteiger partial charge < -0.3 is 10.1 Å². The summed E-state index contributed by atoms with van der Waals surface area (Å²) < 4.78 is 18.7. The second kappa shape index (κ2) is 8.94. The van der Waals surface area contributed by atoms with Crippen molar-refractivity contribution in [3.63, 3.8) is 0 Å². The minimum absolute atomic E-state index is 0.0163. The number of benzene rings is 1. The van der Waals surface area contributed by atoms with Gasteiger partial charge in [0.1, 0.15) is 11.9 Å². The first-order valence-electron chi connectivity index (χ1n) is 8.80. The van der Waals surface area contributed by atoms with Crippen molar-refractivity contribution in [3.8, 4) is 0 Å². The molecule has 1 saturated carbocycles. The second-order valence-electron chi connectivity index (χ2n) is 6.68. The number of nitrogens with one attached hydrogen (secondary N) is 1. The molecule has 0 aliphatic heterocycles. The van der Waals surface area contributed by atoms with Gasteiger partial charge in [0.15, 0.2) is 0 Å². The molecule has 1 aliphatic carbocycles. The number of methoxy groups -OCH3 is 1. The van der Waals surface area contributed by atoms with Crippen molar-refractivity contribution in [2.24, 2.45) is 5.92 Å². The third-order valence-electron chi connectivity index (χ3n) is 4.73. The molecule has 2 atom stereocenters. The summed E-state index contributed by atoms with van der Waals surface area (Å²) in [7, 11) is 1.32. The summed E-state index contributed by atoms with van der Waals surface area (Å²) >= 11 is 0. The number of esters is 1. The number of rotatable bonds is 9. The van der Waals surface area contributed by atoms with Gasteiger partial charge in [-0.25, -0.2) is 9.18 Å². The Kier molecular flexibility index (Phi) is 6.93. The van der Waals surface area contributed by atoms with E-state index in [0.717, 1.165) is 19.3 Å². The highest BCUT2D eigenvalue weighted by molar-refractivity contribution is 5.85. The van der Waals surface area contributed by atoms with E-state index in [1.165, 1.54) is 13.2 Å². The lowest BCUT2D eigenvalue weighted by atomic mass is 9.99. The van der Waals surface area contributed by atoms with Crippen LogP contribution < -0.4 is 5.32 Å². The van der Waals surface area contributed by atoms with E-state index in [-0.39, 0.29) is 24.2 Å². The van der Waals surface area contributed by atoms with Gasteiger partial charge in [0, 0.05) is 18.2 Å². The molecular weight excluding hydrogens is 323 g/mol. The summed E-state index contributed by atoms with van der Waals surface area (Å²) in [5, 5.41) is 2.78. The van der Waals surface area contributed by atoms with E-state index in [2.05, 4.69) is 5.32 Å². The molecular formula is C19H27FN2O3. The van der Waals surface area contributed by atoms with Crippen molar-refractivity contribution in [1.29, 1.82) is 0 Å². The Labute approximate surface area is 148 Å². The summed E-state index contributed by atoms with van der Waals surface area (Å²) in [5.74, 6) is -0.952. The fourth-order valence-electron chi connectivity index (χ4n) is 2.80. The topological polar surface area (TPSA) is 58.6 Å². The number of ether oxygens (including phenoxy) is 1. The molecule has 0 aromatic heterocycles. The molecule has 5 nitrogen and oxygen atoms in total. The molecule has 0 saturated heterocycles. The number of carbonyl (C=O) groups is 2. The van der Waals surface area contributed by atoms with Crippen molar-refractivity contribution < 1.29 is 18.7 Å². The summed E-state index contributed by atoms with van der Waals surface area (Å²) in [6.07, 6.45) is 2.77. The highest BCUT2D eigenvalue weighted by atomic mass is 19.1. The van der Waals surface area contributed by atoms with Gasteiger partial charge in [0.2, 0.25) is 5.91 Å². The van der Waals surface area contributed by atoms with Crippen LogP contribution in [-0.2, 0) is 20.9 Å². The van der Waals surface area contributed by atoms with Crippen LogP contribution in [-0.4, -0.2) is 42.5 Å². The van der Waals surface area contributed by atoms with Crippen LogP contribution in [0.15, 0.2) is 24.3 Å². The van der Waals surface area contributed by atoms with E-state index < -0.39 is 12.0 Å². The zero-order chi connectivity index (χ0) is 18.4. The molecule has 6 heteroatoms. The Morgan fingerprint density at radius 2 is 2.04 bits per heavy atom. The van der Waals surface area contributed by atoms with Crippen LogP contribution in [0.5, 0.6) is 0 Å². The van der Waals surface area contributed by atoms with Crippen molar-refractivity contribution in [1.82, 2.24) is 10.2 Å². The second-order valence-corrected chi connectivity index (χ2v) is 6.68. The Hall–Kier alpha value is -1.95. The first kappa shape index (κ1) is 19.4. The largest absolute Gasteiger partial charge is 0.467 e. The zero-order valence-electron chi connectivity index (χ0n) is 15.1. The predicted molar refractivity (Wildman–Crippen MR) is 93.2 cm³/mol. The SMILES string of the molecule is CCC(C)C(NC(=O)CN(Cc1ccccc1F)C1CC1)C(=O)OC. The molecule has 0 bridgehead atoms. The quantitative estimate of drug-likeness (QED) is 0.695. The number of hydrogen-bond acceptors (Lipinski definition) is 4. The van der Waals surface area contributed by atoms with Crippen molar-refractivity contribution in [3.05, 3.63) is 35.6 Å². The number of hydrogen-bond donors (Lipinski definition) is 1. The van der Waals surface area contributed by atoms with Crippen molar-refractivity contribution in [2.45, 2.75) is 51.7 Å². The molecule has 25 heavy (non-hydrogen) atoms. The predicted octanol–water partition coefficient (Wildman–Crippen LogP) is 2.49. The van der Waals surface area contributed by atoms with Crippen LogP contribution in [0, 0.1) is 11.7 Å². The lowest BCUT2D eigenvalue weighted by Crippen LogP contribution is -2.49. The van der Waals surface area contributed by atoms with Gasteiger partial charge in [-0.1, -0.05) is 38.5 Å². The molecule has 1 aromatic rings. The first-order chi connectivity index (χ1) is 12.0. The maximum atomic E-state index is 13.9. The molecule has 1 N–H and O–H groups in total. The van der Waals surface area contributed by atoms with Crippen LogP contribution in [0.25, 0.3) is 0 Å². The van der Waals surface area contributed by atoms with Gasteiger partial charge in [0.05, 0.1) is 13.7 Å². The van der Waals surface area contributed by atoms with E-state index in [4.69, 9.17) is 4.74 Å². The molecule has 1 aliphatic rings. The van der Waals surface area contributed by atoms with E-state index in [1.54, 1.807) is 18.2 Å². The third kappa shape index (κ3) is 5.53. The number of amides is 1. The Morgan fingerprint density at radius 3 is 2.60 bits per heavy atom. The fraction of sp³-hybridized carbons (Fsp3) is 0.579. The standard InChI is InChI=1S/C19H27FN2O3/c1-4-13(2)18(19(24)25-3)21-17(23)12-22(15-9-10-15)11-14-7-5-6-8-16(14)20/h5-8,13,15,18H,4,9-12H2,1-3H3,(H,21,23). The fourth-order valence-corrected chi connectivity index (χ4v) is 2.80. The number of nitrogens with zero attached hydrogens (tertiary/aromatic N) is 1. The summed E-state index contributed by atoms with van der Waals surface area (Å²) in [6, 6.07) is 6.25. The van der Waals surface area contributed by atoms with Crippen molar-refractivity contribution in [2.75, 3.05) is 13.7 Å². The molecule has 0 heterocycles. The molecule has 1 fully saturated rings. The highest BCUT2D eigenvalue weighted by Crippen LogP contribution is 2.28. The number of carbonyl (C=O) groups excluding carboxylic acids is 2. The highest BCUT2D eigenvalue weighted by Gasteiger charge is 2.32. The normalized spacial score (nSPS) is 16.4. The van der Waals surface area contributed by atoms with Gasteiger partial charge >= 0.3 is 5.97 Å². The van der Waals surface area contributed by atoms with Gasteiger partial charge in [-0.05, 0) is 24.8 Å². The molecule has 0 radical (unpaired) electrons. The lowest BCUT2D eigenvalue weighted by Gasteiger charge is -2.25. The number of halogens is 1. The van der Waals surface area contributed by atoms with Gasteiger partial charge in [0.25, 0.3) is 0 Å². The monoisotopic (exact) mass is 350 g/mol. The van der Waals surface area contributed by atoms with E-state index >= 15 is 0 Å². The Bertz CT molecular complexity index is 604. The Balaban J connectivity index is 2.00. The van der Waals surface area contributed by atoms with Gasteiger partial charge in [-0.15, -0.1) is 0 Å². The summed E-state index contributed by atoms with van der Waals surface area (Å²) in [6.45, 7) is 4.39. The molecule has 1 aromatic carbocycles. The maximum Gasteiger partial charge on any atom is 0.328 e. The first-order valence-corrected chi connectivity index (χ1v) is 8.80. The Morgan fingerprint density at radius 1 is 1.36 bits per heavy atom. The van der Waals surface area contributed by atoms with Crippen molar-refractivity contribution >= 4 is 11.9 Å². The summed E-state index contributed by atoms with van der Waals surface area (Å²) in [5.41, 5.74) is 0.577. The van der Waals surface area contributed by atoms with Gasteiger partial charge in [-0.3, -0.25) is 9.69 Å². The van der Waals surface area contributed by atoms with Crippen LogP contribution >= 0.6 is 0 Å². The average Bonchev–Trinajstić information content (AvgIpc) is 3.44. The smallest absolute Gasteiger partial charge is 0.328 e. The average molecular weight is 350 g/mol. The van der Waals surface area contributed by atoms with Crippen LogP contribution in [0.1, 0.15) is 38.7 Å². The van der Waals surface area contributed by atoms with E-state index in [1.807, 2.05) is 18.7 Å². The summed E-state index contributed by atoms with van der Waals surface area (Å²) in [4.78, 5) is 26.3. The zero-order valence-corrected chi connectivity index (χ0v) is 15.1. The molecule has 2 unspecified atom stereocenters. The molecule has 2 rings (SSSR count). The van der Waals surface area contributed by atoms with Gasteiger partial charge in [-0.2, -0.15) is 0 Å². The van der Waals surface area contributed by atoms with Crippen LogP contribution in [0.2, 0.25) is 0 Å². The minimum Gasteiger partial charge on any atom is -0.467 e. The third-order valence-corrected chi connectivity index (χ3v) is 4.73. The molecule has 0 spiro atoms. The molecule has 138 valence electrons. The van der Waals surface area contributed by atoms with E-state index in [9.17, 15) is 14.0 Å². The minimum atomic E-state index is -0.656.